The van der Waals surface area contributed by atoms with Crippen LogP contribution in [0, 0.1) is 13.8 Å². The zero-order valence-electron chi connectivity index (χ0n) is 13.2. The van der Waals surface area contributed by atoms with E-state index in [1.54, 1.807) is 0 Å². The minimum absolute atomic E-state index is 0.411. The molecule has 2 rings (SSSR count). The van der Waals surface area contributed by atoms with Crippen LogP contribution in [0.2, 0.25) is 0 Å². The number of carbonyl (C=O) groups is 1. The van der Waals surface area contributed by atoms with E-state index in [-0.39, 0.29) is 0 Å². The Morgan fingerprint density at radius 1 is 1.33 bits per heavy atom. The van der Waals surface area contributed by atoms with Crippen molar-refractivity contribution in [2.24, 2.45) is 0 Å². The van der Waals surface area contributed by atoms with Gasteiger partial charge in [-0.15, -0.1) is 10.2 Å². The van der Waals surface area contributed by atoms with Gasteiger partial charge in [0.1, 0.15) is 17.9 Å². The molecule has 0 aliphatic carbocycles. The fourth-order valence-corrected chi connectivity index (χ4v) is 2.52. The number of aryl methyl sites for hydroxylation is 2. The predicted molar refractivity (Wildman–Crippen MR) is 89.0 cm³/mol. The molecule has 2 aromatic rings. The second-order valence-electron chi connectivity index (χ2n) is 4.92. The highest BCUT2D eigenvalue weighted by Crippen LogP contribution is 2.25. The van der Waals surface area contributed by atoms with E-state index in [9.17, 15) is 0 Å². The lowest BCUT2D eigenvalue weighted by Crippen LogP contribution is -2.07. The molecule has 1 aromatic heterocycles. The van der Waals surface area contributed by atoms with E-state index in [0.29, 0.717) is 5.92 Å². The Labute approximate surface area is 134 Å². The SMILES string of the molecule is CC=O.CC[C@@H](C)c1nnc(C)n1-c1ccc(Br)cc1C. The molecule has 0 bridgehead atoms. The van der Waals surface area contributed by atoms with Crippen LogP contribution in [0.5, 0.6) is 0 Å². The van der Waals surface area contributed by atoms with Crippen LogP contribution >= 0.6 is 15.9 Å². The number of aldehydes is 1. The third kappa shape index (κ3) is 4.24. The number of aromatic nitrogens is 3. The molecule has 0 N–H and O–H groups in total. The topological polar surface area (TPSA) is 47.8 Å². The lowest BCUT2D eigenvalue weighted by Gasteiger charge is -2.15. The molecule has 0 saturated heterocycles. The molecule has 0 radical (unpaired) electrons. The van der Waals surface area contributed by atoms with Gasteiger partial charge in [0.15, 0.2) is 0 Å². The summed E-state index contributed by atoms with van der Waals surface area (Å²) in [6.07, 6.45) is 1.81. The summed E-state index contributed by atoms with van der Waals surface area (Å²) in [5.74, 6) is 2.39. The smallest absolute Gasteiger partial charge is 0.140 e. The Balaban J connectivity index is 0.000000677. The van der Waals surface area contributed by atoms with E-state index in [0.717, 1.165) is 34.5 Å². The van der Waals surface area contributed by atoms with Gasteiger partial charge in [-0.25, -0.2) is 0 Å². The third-order valence-electron chi connectivity index (χ3n) is 3.30. The highest BCUT2D eigenvalue weighted by molar-refractivity contribution is 9.10. The maximum Gasteiger partial charge on any atom is 0.140 e. The summed E-state index contributed by atoms with van der Waals surface area (Å²) >= 11 is 3.50. The molecule has 5 heteroatoms. The minimum atomic E-state index is 0.411. The van der Waals surface area contributed by atoms with Crippen LogP contribution in [0.3, 0.4) is 0 Å². The molecule has 0 saturated carbocycles. The minimum Gasteiger partial charge on any atom is -0.304 e. The maximum absolute atomic E-state index is 8.81. The van der Waals surface area contributed by atoms with Crippen LogP contribution in [-0.2, 0) is 4.79 Å². The summed E-state index contributed by atoms with van der Waals surface area (Å²) in [6.45, 7) is 9.92. The fourth-order valence-electron chi connectivity index (χ4n) is 2.05. The first-order valence-corrected chi connectivity index (χ1v) is 7.83. The molecule has 1 heterocycles. The molecule has 0 aliphatic rings. The normalized spacial score (nSPS) is 11.5. The number of rotatable bonds is 3. The van der Waals surface area contributed by atoms with Crippen molar-refractivity contribution in [2.75, 3.05) is 0 Å². The number of halogens is 1. The molecule has 0 aliphatic heterocycles. The predicted octanol–water partition coefficient (Wildman–Crippen LogP) is 4.37. The van der Waals surface area contributed by atoms with Gasteiger partial charge in [-0.3, -0.25) is 4.57 Å². The second kappa shape index (κ2) is 8.08. The van der Waals surface area contributed by atoms with Gasteiger partial charge in [0.05, 0.1) is 5.69 Å². The molecule has 0 fully saturated rings. The third-order valence-corrected chi connectivity index (χ3v) is 3.80. The van der Waals surface area contributed by atoms with Gasteiger partial charge in [-0.1, -0.05) is 29.8 Å². The molecule has 4 nitrogen and oxygen atoms in total. The largest absolute Gasteiger partial charge is 0.304 e. The molecular weight excluding hydrogens is 330 g/mol. The summed E-state index contributed by atoms with van der Waals surface area (Å²) in [5, 5.41) is 8.55. The van der Waals surface area contributed by atoms with Crippen molar-refractivity contribution in [3.8, 4) is 5.69 Å². The highest BCUT2D eigenvalue weighted by atomic mass is 79.9. The van der Waals surface area contributed by atoms with E-state index in [1.807, 2.05) is 6.92 Å². The number of hydrogen-bond acceptors (Lipinski definition) is 3. The van der Waals surface area contributed by atoms with Crippen LogP contribution in [0.25, 0.3) is 5.69 Å². The molecular formula is C16H22BrN3O. The highest BCUT2D eigenvalue weighted by Gasteiger charge is 2.16. The summed E-state index contributed by atoms with van der Waals surface area (Å²) in [5.41, 5.74) is 2.38. The summed E-state index contributed by atoms with van der Waals surface area (Å²) in [4.78, 5) is 8.81. The monoisotopic (exact) mass is 351 g/mol. The molecule has 0 amide bonds. The van der Waals surface area contributed by atoms with E-state index in [4.69, 9.17) is 4.79 Å². The Hall–Kier alpha value is -1.49. The zero-order valence-corrected chi connectivity index (χ0v) is 14.8. The van der Waals surface area contributed by atoms with Crippen LogP contribution in [-0.4, -0.2) is 21.1 Å². The molecule has 0 unspecified atom stereocenters. The van der Waals surface area contributed by atoms with Crippen molar-refractivity contribution >= 4 is 22.2 Å². The van der Waals surface area contributed by atoms with Gasteiger partial charge in [-0.2, -0.15) is 0 Å². The van der Waals surface area contributed by atoms with Gasteiger partial charge >= 0.3 is 0 Å². The van der Waals surface area contributed by atoms with Crippen molar-refractivity contribution in [3.63, 3.8) is 0 Å². The maximum atomic E-state index is 8.81. The number of hydrogen-bond donors (Lipinski definition) is 0. The Morgan fingerprint density at radius 3 is 2.48 bits per heavy atom. The molecule has 1 aromatic carbocycles. The van der Waals surface area contributed by atoms with Crippen molar-refractivity contribution in [1.29, 1.82) is 0 Å². The molecule has 21 heavy (non-hydrogen) atoms. The van der Waals surface area contributed by atoms with Gasteiger partial charge in [0, 0.05) is 10.4 Å². The summed E-state index contributed by atoms with van der Waals surface area (Å²) in [6, 6.07) is 6.29. The molecule has 1 atom stereocenters. The van der Waals surface area contributed by atoms with Crippen LogP contribution in [0.1, 0.15) is 50.3 Å². The lowest BCUT2D eigenvalue weighted by atomic mass is 10.1. The number of nitrogens with zero attached hydrogens (tertiary/aromatic N) is 3. The van der Waals surface area contributed by atoms with Gasteiger partial charge < -0.3 is 4.79 Å². The fraction of sp³-hybridized carbons (Fsp3) is 0.438. The van der Waals surface area contributed by atoms with E-state index >= 15 is 0 Å². The Morgan fingerprint density at radius 2 is 1.95 bits per heavy atom. The quantitative estimate of drug-likeness (QED) is 0.771. The Bertz CT molecular complexity index is 608. The first-order valence-electron chi connectivity index (χ1n) is 7.04. The van der Waals surface area contributed by atoms with Crippen molar-refractivity contribution in [2.45, 2.75) is 47.0 Å². The van der Waals surface area contributed by atoms with Gasteiger partial charge in [0.25, 0.3) is 0 Å². The van der Waals surface area contributed by atoms with Crippen LogP contribution < -0.4 is 0 Å². The van der Waals surface area contributed by atoms with Crippen LogP contribution in [0.4, 0.5) is 0 Å². The van der Waals surface area contributed by atoms with Gasteiger partial charge in [-0.05, 0) is 51.0 Å². The van der Waals surface area contributed by atoms with E-state index in [2.05, 4.69) is 69.7 Å². The molecule has 0 spiro atoms. The summed E-state index contributed by atoms with van der Waals surface area (Å²) < 4.78 is 3.26. The average molecular weight is 352 g/mol. The van der Waals surface area contributed by atoms with E-state index in [1.165, 1.54) is 12.5 Å². The Kier molecular flexibility index (Phi) is 6.75. The van der Waals surface area contributed by atoms with Crippen molar-refractivity contribution in [3.05, 3.63) is 39.9 Å². The summed E-state index contributed by atoms with van der Waals surface area (Å²) in [7, 11) is 0. The molecule has 114 valence electrons. The first-order chi connectivity index (χ1) is 9.96. The average Bonchev–Trinajstić information content (AvgIpc) is 2.81. The first kappa shape index (κ1) is 17.6. The second-order valence-corrected chi connectivity index (χ2v) is 5.83. The van der Waals surface area contributed by atoms with Gasteiger partial charge in [0.2, 0.25) is 0 Å². The van der Waals surface area contributed by atoms with Crippen molar-refractivity contribution in [1.82, 2.24) is 14.8 Å². The number of benzene rings is 1. The lowest BCUT2D eigenvalue weighted by molar-refractivity contribution is -0.106. The standard InChI is InChI=1S/C14H18BrN3.C2H4O/c1-5-9(2)14-17-16-11(4)18(14)13-7-6-12(15)8-10(13)3;1-2-3/h6-9H,5H2,1-4H3;2H,1H3/t9-;/m1./s1. The van der Waals surface area contributed by atoms with E-state index < -0.39 is 0 Å². The van der Waals surface area contributed by atoms with Crippen molar-refractivity contribution < 1.29 is 4.79 Å². The zero-order chi connectivity index (χ0) is 16.0. The van der Waals surface area contributed by atoms with Crippen LogP contribution in [0.15, 0.2) is 22.7 Å². The number of carbonyl (C=O) groups excluding carboxylic acids is 1.